The van der Waals surface area contributed by atoms with Crippen LogP contribution in [-0.4, -0.2) is 19.0 Å². The Morgan fingerprint density at radius 3 is 1.00 bits per heavy atom. The molecule has 0 fully saturated rings. The summed E-state index contributed by atoms with van der Waals surface area (Å²) in [5.74, 6) is 0. The molecule has 0 atom stereocenters. The van der Waals surface area contributed by atoms with Crippen molar-refractivity contribution in [1.29, 1.82) is 0 Å². The van der Waals surface area contributed by atoms with E-state index in [0.29, 0.717) is 0 Å². The Hall–Kier alpha value is 2.11. The minimum absolute atomic E-state index is 0. The summed E-state index contributed by atoms with van der Waals surface area (Å²) in [6.45, 7) is 0. The summed E-state index contributed by atoms with van der Waals surface area (Å²) in [4.78, 5) is 0. The predicted molar refractivity (Wildman–Crippen MR) is 7.81 cm³/mol. The fraction of sp³-hybridized carbons (Fsp3) is 0. The Morgan fingerprint density at radius 2 is 1.00 bits per heavy atom. The Morgan fingerprint density at radius 1 is 1.00 bits per heavy atom. The van der Waals surface area contributed by atoms with Crippen LogP contribution in [0.5, 0.6) is 0 Å². The van der Waals surface area contributed by atoms with Crippen molar-refractivity contribution >= 4 is 19.0 Å². The third-order valence-corrected chi connectivity index (χ3v) is 0. The van der Waals surface area contributed by atoms with Gasteiger partial charge in [0.2, 0.25) is 0 Å². The van der Waals surface area contributed by atoms with Crippen LogP contribution < -0.4 is 6.94 Å². The molecule has 40 valence electrons. The third kappa shape index (κ3) is 91.9. The van der Waals surface area contributed by atoms with Gasteiger partial charge in [-0.15, -0.1) is 0 Å². The zero-order valence-electron chi connectivity index (χ0n) is 3.86. The van der Waals surface area contributed by atoms with Crippen molar-refractivity contribution in [3.05, 3.63) is 0 Å². The molecule has 0 rings (SSSR count). The van der Waals surface area contributed by atoms with Crippen LogP contribution in [0.4, 0.5) is 0 Å². The fourth-order valence-corrected chi connectivity index (χ4v) is 0. The van der Waals surface area contributed by atoms with Gasteiger partial charge in [-0.05, 0) is 0 Å². The maximum Gasteiger partial charge on any atom is 2.00 e. The normalized spacial score (nSPS) is 7.25. The molecule has 0 aromatic heterocycles. The van der Waals surface area contributed by atoms with Gasteiger partial charge < -0.3 is 5.48 Å². The summed E-state index contributed by atoms with van der Waals surface area (Å²) in [5, 5.41) is 0. The van der Waals surface area contributed by atoms with E-state index in [1.54, 1.807) is 0 Å². The van der Waals surface area contributed by atoms with E-state index in [1.807, 2.05) is 0 Å². The van der Waals surface area contributed by atoms with Crippen molar-refractivity contribution in [1.82, 2.24) is 0 Å². The minimum atomic E-state index is -6.02. The molecule has 0 unspecified atom stereocenters. The van der Waals surface area contributed by atoms with Gasteiger partial charge in [-0.25, -0.2) is 0 Å². The van der Waals surface area contributed by atoms with Gasteiger partial charge in [-0.3, -0.25) is 0 Å². The van der Waals surface area contributed by atoms with E-state index in [9.17, 15) is 0 Å². The summed E-state index contributed by atoms with van der Waals surface area (Å²) >= 11 is -6.02. The van der Waals surface area contributed by atoms with Crippen molar-refractivity contribution in [2.24, 2.45) is 0 Å². The number of rotatable bonds is 0. The minimum Gasteiger partial charge on any atom is -2.00 e. The quantitative estimate of drug-likeness (QED) is 0.377. The maximum atomic E-state index is 8.63. The molecule has 5 nitrogen and oxygen atoms in total. The van der Waals surface area contributed by atoms with E-state index >= 15 is 0 Å². The van der Waals surface area contributed by atoms with Gasteiger partial charge in [0.25, 0.3) is 0 Å². The molecule has 0 saturated heterocycles. The Balaban J connectivity index is -0.0000000267. The molecule has 0 heterocycles. The molecule has 0 aromatic rings. The van der Waals surface area contributed by atoms with Crippen molar-refractivity contribution in [2.75, 3.05) is 0 Å². The van der Waals surface area contributed by atoms with Gasteiger partial charge in [0.15, 0.2) is 0 Å². The van der Waals surface area contributed by atoms with Crippen LogP contribution in [0.1, 0.15) is 0 Å². The van der Waals surface area contributed by atoms with Crippen molar-refractivity contribution in [3.8, 4) is 0 Å². The third-order valence-electron chi connectivity index (χ3n) is 0. The van der Waals surface area contributed by atoms with E-state index in [1.165, 1.54) is 0 Å². The second-order valence-corrected chi connectivity index (χ2v) is 2.74. The zero-order chi connectivity index (χ0) is 4.50. The first-order valence-electron chi connectivity index (χ1n) is 0.667. The van der Waals surface area contributed by atoms with Gasteiger partial charge in [0.1, 0.15) is 0 Å². The molecule has 0 amide bonds. The Kier molecular flexibility index (Phi) is 25.6. The van der Waals surface area contributed by atoms with Gasteiger partial charge >= 0.3 is 86.7 Å². The molecule has 0 saturated carbocycles. The van der Waals surface area contributed by atoms with E-state index in [-0.39, 0.29) is 60.1 Å². The average Bonchev–Trinajstić information content (AvgIpc) is 0.722. The van der Waals surface area contributed by atoms with Gasteiger partial charge in [0, 0.05) is 0 Å². The van der Waals surface area contributed by atoms with E-state index in [0.717, 1.165) is 0 Å². The Labute approximate surface area is 90.7 Å². The monoisotopic (exact) mass is 438 g/mol. The molecular weight excluding hydrogens is 432 g/mol. The smallest absolute Gasteiger partial charge is 2.00 e. The summed E-state index contributed by atoms with van der Waals surface area (Å²) in [5.41, 5.74) is 0. The first-order chi connectivity index (χ1) is 2.00. The van der Waals surface area contributed by atoms with Crippen LogP contribution in [0.3, 0.4) is 0 Å². The first kappa shape index (κ1) is 22.5. The van der Waals surface area contributed by atoms with Crippen molar-refractivity contribution < 1.29 is 73.2 Å². The van der Waals surface area contributed by atoms with Crippen LogP contribution in [0.25, 0.3) is 0 Å². The molecule has 0 aromatic carbocycles. The fourth-order valence-electron chi connectivity index (χ4n) is 0. The zero-order valence-corrected chi connectivity index (χ0v) is 14.3. The molecule has 0 bridgehead atoms. The van der Waals surface area contributed by atoms with Crippen molar-refractivity contribution in [3.63, 3.8) is 0 Å². The molecule has 0 aliphatic heterocycles. The summed E-state index contributed by atoms with van der Waals surface area (Å²) in [6, 6.07) is 0. The molecule has 0 aliphatic carbocycles. The molecule has 0 spiro atoms. The second-order valence-electron chi connectivity index (χ2n) is 0.408. The van der Waals surface area contributed by atoms with E-state index in [2.05, 4.69) is 0 Å². The molecule has 0 aliphatic rings. The molecule has 8 heteroatoms. The predicted octanol–water partition coefficient (Wildman–Crippen LogP) is -3.12. The van der Waals surface area contributed by atoms with Crippen LogP contribution >= 0.6 is 0 Å². The summed E-state index contributed by atoms with van der Waals surface area (Å²) in [7, 11) is 0. The largest absolute Gasteiger partial charge is 2.00 e. The van der Waals surface area contributed by atoms with E-state index in [4.69, 9.17) is 13.2 Å². The van der Waals surface area contributed by atoms with Gasteiger partial charge in [0.05, 0.1) is 0 Å². The standard InChI is InChI=1S/2Cd.H2O4Te.O/c;;1-5(2,3)4;/h;;(H2,1,2,3,4);/q2*+2;;-2/p-2. The van der Waals surface area contributed by atoms with Crippen LogP contribution in [-0.2, 0) is 66.3 Å². The molecule has 0 N–H and O–H groups in total. The molecular formula is Cd2O5Te. The molecule has 0 radical (unpaired) electrons. The van der Waals surface area contributed by atoms with E-state index < -0.39 is 19.0 Å². The first-order valence-corrected chi connectivity index (χ1v) is 4.47. The number of hydrogen-bond donors (Lipinski definition) is 0. The molecule has 8 heavy (non-hydrogen) atoms. The van der Waals surface area contributed by atoms with Crippen molar-refractivity contribution in [2.45, 2.75) is 0 Å². The summed E-state index contributed by atoms with van der Waals surface area (Å²) < 4.78 is 34.5. The van der Waals surface area contributed by atoms with Crippen LogP contribution in [0, 0.1) is 0 Å². The summed E-state index contributed by atoms with van der Waals surface area (Å²) in [6.07, 6.45) is 0. The maximum absolute atomic E-state index is 8.63. The van der Waals surface area contributed by atoms with Gasteiger partial charge in [-0.1, -0.05) is 0 Å². The van der Waals surface area contributed by atoms with Crippen LogP contribution in [0.2, 0.25) is 0 Å². The topological polar surface area (TPSA) is 109 Å². The van der Waals surface area contributed by atoms with Gasteiger partial charge in [-0.2, -0.15) is 0 Å². The SMILES string of the molecule is O=[Te](=O)([O-])[O-].[Cd+2].[Cd+2].[O-2]. The number of hydrogen-bond acceptors (Lipinski definition) is 4. The van der Waals surface area contributed by atoms with Crippen LogP contribution in [0.15, 0.2) is 0 Å². The Bertz CT molecular complexity index is 93.6. The second kappa shape index (κ2) is 9.11. The average molecular weight is 432 g/mol.